The largest absolute Gasteiger partial charge is 0.483 e. The molecule has 0 unspecified atom stereocenters. The lowest BCUT2D eigenvalue weighted by atomic mass is 10.0. The number of ether oxygens (including phenoxy) is 1. The molecule has 0 spiro atoms. The molecular weight excluding hydrogens is 176 g/mol. The average Bonchev–Trinajstić information content (AvgIpc) is 2.17. The Kier molecular flexibility index (Phi) is 3.31. The molecule has 0 radical (unpaired) electrons. The molecule has 2 heteroatoms. The van der Waals surface area contributed by atoms with Crippen molar-refractivity contribution in [3.63, 3.8) is 0 Å². The van der Waals surface area contributed by atoms with E-state index >= 15 is 0 Å². The monoisotopic (exact) mass is 192 g/mol. The van der Waals surface area contributed by atoms with Crippen LogP contribution in [0.4, 0.5) is 0 Å². The third-order valence-electron chi connectivity index (χ3n) is 2.16. The Morgan fingerprint density at radius 2 is 1.93 bits per heavy atom. The first-order valence-electron chi connectivity index (χ1n) is 4.59. The van der Waals surface area contributed by atoms with Gasteiger partial charge in [0.1, 0.15) is 11.4 Å². The zero-order valence-corrected chi connectivity index (χ0v) is 8.66. The Balaban J connectivity index is 2.73. The topological polar surface area (TPSA) is 29.5 Å². The van der Waals surface area contributed by atoms with Crippen molar-refractivity contribution in [1.29, 1.82) is 0 Å². The summed E-state index contributed by atoms with van der Waals surface area (Å²) in [7, 11) is 0. The van der Waals surface area contributed by atoms with Gasteiger partial charge in [0.25, 0.3) is 0 Å². The fourth-order valence-corrected chi connectivity index (χ4v) is 1.05. The van der Waals surface area contributed by atoms with Crippen LogP contribution in [0.25, 0.3) is 0 Å². The van der Waals surface area contributed by atoms with E-state index in [4.69, 9.17) is 9.84 Å². The second kappa shape index (κ2) is 4.29. The van der Waals surface area contributed by atoms with Gasteiger partial charge in [-0.2, -0.15) is 0 Å². The van der Waals surface area contributed by atoms with E-state index < -0.39 is 5.60 Å². The quantitative estimate of drug-likeness (QED) is 0.742. The predicted octanol–water partition coefficient (Wildman–Crippen LogP) is 2.39. The zero-order chi connectivity index (χ0) is 10.6. The van der Waals surface area contributed by atoms with Crippen LogP contribution < -0.4 is 4.74 Å². The molecule has 0 aliphatic rings. The van der Waals surface area contributed by atoms with E-state index in [2.05, 4.69) is 6.58 Å². The molecule has 14 heavy (non-hydrogen) atoms. The second-order valence-electron chi connectivity index (χ2n) is 3.69. The molecule has 1 aromatic rings. The highest BCUT2D eigenvalue weighted by Crippen LogP contribution is 2.22. The van der Waals surface area contributed by atoms with Crippen LogP contribution in [-0.2, 0) is 0 Å². The van der Waals surface area contributed by atoms with Crippen molar-refractivity contribution in [3.8, 4) is 5.75 Å². The lowest BCUT2D eigenvalue weighted by Gasteiger charge is -2.27. The van der Waals surface area contributed by atoms with E-state index in [9.17, 15) is 0 Å². The highest BCUT2D eigenvalue weighted by molar-refractivity contribution is 5.24. The molecule has 76 valence electrons. The van der Waals surface area contributed by atoms with Gasteiger partial charge in [-0.25, -0.2) is 0 Å². The molecule has 0 saturated heterocycles. The van der Waals surface area contributed by atoms with Crippen LogP contribution in [-0.4, -0.2) is 17.3 Å². The number of para-hydroxylation sites is 1. The molecule has 0 aliphatic carbocycles. The van der Waals surface area contributed by atoms with Crippen LogP contribution in [0.3, 0.4) is 0 Å². The maximum absolute atomic E-state index is 8.97. The first-order valence-corrected chi connectivity index (χ1v) is 4.59. The third-order valence-corrected chi connectivity index (χ3v) is 2.16. The van der Waals surface area contributed by atoms with Crippen molar-refractivity contribution >= 4 is 0 Å². The van der Waals surface area contributed by atoms with Crippen LogP contribution in [0.1, 0.15) is 13.8 Å². The number of rotatable bonds is 4. The SMILES string of the molecule is C=C(CO)C(C)(C)Oc1ccccc1. The highest BCUT2D eigenvalue weighted by Gasteiger charge is 2.22. The van der Waals surface area contributed by atoms with E-state index in [-0.39, 0.29) is 6.61 Å². The summed E-state index contributed by atoms with van der Waals surface area (Å²) in [6.07, 6.45) is 0. The fourth-order valence-electron chi connectivity index (χ4n) is 1.05. The van der Waals surface area contributed by atoms with Crippen LogP contribution in [0.15, 0.2) is 42.5 Å². The van der Waals surface area contributed by atoms with Gasteiger partial charge < -0.3 is 9.84 Å². The first kappa shape index (κ1) is 10.8. The molecule has 0 fully saturated rings. The summed E-state index contributed by atoms with van der Waals surface area (Å²) in [5, 5.41) is 8.97. The summed E-state index contributed by atoms with van der Waals surface area (Å²) >= 11 is 0. The highest BCUT2D eigenvalue weighted by atomic mass is 16.5. The fraction of sp³-hybridized carbons (Fsp3) is 0.333. The Morgan fingerprint density at radius 1 is 1.36 bits per heavy atom. The summed E-state index contributed by atoms with van der Waals surface area (Å²) in [5.74, 6) is 0.784. The van der Waals surface area contributed by atoms with Crippen molar-refractivity contribution in [2.75, 3.05) is 6.61 Å². The summed E-state index contributed by atoms with van der Waals surface area (Å²) in [6.45, 7) is 7.49. The molecule has 0 aliphatic heterocycles. The van der Waals surface area contributed by atoms with Crippen LogP contribution in [0.5, 0.6) is 5.75 Å². The number of hydrogen-bond acceptors (Lipinski definition) is 2. The molecule has 0 saturated carbocycles. The second-order valence-corrected chi connectivity index (χ2v) is 3.69. The Bertz CT molecular complexity index is 301. The van der Waals surface area contributed by atoms with Crippen LogP contribution >= 0.6 is 0 Å². The van der Waals surface area contributed by atoms with E-state index in [1.165, 1.54) is 0 Å². The summed E-state index contributed by atoms with van der Waals surface area (Å²) in [5.41, 5.74) is 0.136. The van der Waals surface area contributed by atoms with Gasteiger partial charge >= 0.3 is 0 Å². The molecule has 0 atom stereocenters. The number of benzene rings is 1. The van der Waals surface area contributed by atoms with Gasteiger partial charge in [-0.1, -0.05) is 24.8 Å². The molecule has 0 heterocycles. The smallest absolute Gasteiger partial charge is 0.126 e. The minimum atomic E-state index is -0.532. The number of aliphatic hydroxyl groups is 1. The van der Waals surface area contributed by atoms with Gasteiger partial charge in [-0.15, -0.1) is 0 Å². The molecule has 1 rings (SSSR count). The summed E-state index contributed by atoms with van der Waals surface area (Å²) in [6, 6.07) is 9.51. The zero-order valence-electron chi connectivity index (χ0n) is 8.66. The predicted molar refractivity (Wildman–Crippen MR) is 57.4 cm³/mol. The van der Waals surface area contributed by atoms with Gasteiger partial charge in [-0.05, 0) is 31.6 Å². The van der Waals surface area contributed by atoms with Crippen molar-refractivity contribution in [2.45, 2.75) is 19.4 Å². The normalized spacial score (nSPS) is 11.1. The van der Waals surface area contributed by atoms with Crippen molar-refractivity contribution in [3.05, 3.63) is 42.5 Å². The van der Waals surface area contributed by atoms with Gasteiger partial charge in [0.2, 0.25) is 0 Å². The van der Waals surface area contributed by atoms with Crippen LogP contribution in [0.2, 0.25) is 0 Å². The standard InChI is InChI=1S/C12H16O2/c1-10(9-13)12(2,3)14-11-7-5-4-6-8-11/h4-8,13H,1,9H2,2-3H3. The van der Waals surface area contributed by atoms with E-state index in [0.717, 1.165) is 5.75 Å². The minimum absolute atomic E-state index is 0.0557. The minimum Gasteiger partial charge on any atom is -0.483 e. The molecule has 0 bridgehead atoms. The first-order chi connectivity index (χ1) is 6.56. The molecular formula is C12H16O2. The maximum Gasteiger partial charge on any atom is 0.126 e. The lowest BCUT2D eigenvalue weighted by molar-refractivity contribution is 0.131. The molecule has 1 aromatic carbocycles. The van der Waals surface area contributed by atoms with Crippen molar-refractivity contribution in [1.82, 2.24) is 0 Å². The van der Waals surface area contributed by atoms with Crippen molar-refractivity contribution < 1.29 is 9.84 Å². The van der Waals surface area contributed by atoms with Crippen LogP contribution in [0, 0.1) is 0 Å². The number of aliphatic hydroxyl groups excluding tert-OH is 1. The van der Waals surface area contributed by atoms with Gasteiger partial charge in [0.05, 0.1) is 6.61 Å². The molecule has 2 nitrogen and oxygen atoms in total. The lowest BCUT2D eigenvalue weighted by Crippen LogP contribution is -2.31. The Hall–Kier alpha value is -1.28. The van der Waals surface area contributed by atoms with Gasteiger partial charge in [-0.3, -0.25) is 0 Å². The van der Waals surface area contributed by atoms with E-state index in [1.807, 2.05) is 44.2 Å². The molecule has 0 aromatic heterocycles. The maximum atomic E-state index is 8.97. The van der Waals surface area contributed by atoms with E-state index in [1.54, 1.807) is 0 Å². The van der Waals surface area contributed by atoms with Gasteiger partial charge in [0, 0.05) is 0 Å². The van der Waals surface area contributed by atoms with Crippen molar-refractivity contribution in [2.24, 2.45) is 0 Å². The Labute approximate surface area is 84.8 Å². The Morgan fingerprint density at radius 3 is 2.43 bits per heavy atom. The summed E-state index contributed by atoms with van der Waals surface area (Å²) < 4.78 is 5.69. The van der Waals surface area contributed by atoms with E-state index in [0.29, 0.717) is 5.57 Å². The summed E-state index contributed by atoms with van der Waals surface area (Å²) in [4.78, 5) is 0. The number of hydrogen-bond donors (Lipinski definition) is 1. The van der Waals surface area contributed by atoms with Gasteiger partial charge in [0.15, 0.2) is 0 Å². The molecule has 0 amide bonds. The average molecular weight is 192 g/mol. The molecule has 1 N–H and O–H groups in total. The third kappa shape index (κ3) is 2.60.